The van der Waals surface area contributed by atoms with Crippen molar-refractivity contribution in [1.29, 1.82) is 0 Å². The highest BCUT2D eigenvalue weighted by Crippen LogP contribution is 2.06. The van der Waals surface area contributed by atoms with Crippen LogP contribution in [0.1, 0.15) is 19.8 Å². The van der Waals surface area contributed by atoms with Gasteiger partial charge in [0.1, 0.15) is 0 Å². The molecule has 1 atom stereocenters. The molecule has 2 amide bonds. The summed E-state index contributed by atoms with van der Waals surface area (Å²) in [5.41, 5.74) is 5.78. The van der Waals surface area contributed by atoms with Crippen molar-refractivity contribution in [1.82, 2.24) is 15.1 Å². The van der Waals surface area contributed by atoms with Gasteiger partial charge in [-0.25, -0.2) is 0 Å². The number of carbonyl (C=O) groups is 2. The van der Waals surface area contributed by atoms with E-state index < -0.39 is 0 Å². The summed E-state index contributed by atoms with van der Waals surface area (Å²) in [6, 6.07) is 0.177. The molecule has 0 aliphatic carbocycles. The number of nitrogens with zero attached hydrogens (tertiary/aromatic N) is 2. The van der Waals surface area contributed by atoms with Crippen LogP contribution in [0.15, 0.2) is 0 Å². The zero-order valence-corrected chi connectivity index (χ0v) is 11.3. The van der Waals surface area contributed by atoms with E-state index in [-0.39, 0.29) is 24.4 Å². The van der Waals surface area contributed by atoms with E-state index in [1.165, 1.54) is 4.90 Å². The maximum atomic E-state index is 11.9. The second-order valence-corrected chi connectivity index (χ2v) is 4.88. The highest BCUT2D eigenvalue weighted by molar-refractivity contribution is 5.85. The number of nitrogens with two attached hydrogens (primary N) is 1. The van der Waals surface area contributed by atoms with Gasteiger partial charge in [-0.05, 0) is 12.8 Å². The van der Waals surface area contributed by atoms with Crippen LogP contribution in [0.3, 0.4) is 0 Å². The van der Waals surface area contributed by atoms with Crippen LogP contribution in [-0.2, 0) is 9.59 Å². The normalized spacial score (nSPS) is 19.8. The van der Waals surface area contributed by atoms with E-state index in [1.807, 2.05) is 11.8 Å². The first-order valence-corrected chi connectivity index (χ1v) is 6.51. The van der Waals surface area contributed by atoms with Gasteiger partial charge in [-0.1, -0.05) is 6.92 Å². The first-order valence-electron chi connectivity index (χ1n) is 6.51. The summed E-state index contributed by atoms with van der Waals surface area (Å²) in [6.45, 7) is 4.75. The molecule has 1 saturated heterocycles. The zero-order chi connectivity index (χ0) is 13.5. The standard InChI is InChI=1S/C12H24N4O2/c1-3-5-14-11(17)8-15(2)12(18)9-16-6-4-10(13)7-16/h10H,3-9,13H2,1-2H3,(H,14,17)/t10-/m0/s1. The van der Waals surface area contributed by atoms with Crippen LogP contribution in [0.4, 0.5) is 0 Å². The van der Waals surface area contributed by atoms with E-state index in [9.17, 15) is 9.59 Å². The van der Waals surface area contributed by atoms with Gasteiger partial charge in [0, 0.05) is 32.7 Å². The Hall–Kier alpha value is -1.14. The van der Waals surface area contributed by atoms with Gasteiger partial charge >= 0.3 is 0 Å². The van der Waals surface area contributed by atoms with Gasteiger partial charge in [0.25, 0.3) is 0 Å². The molecule has 0 spiro atoms. The molecule has 0 saturated carbocycles. The molecule has 0 unspecified atom stereocenters. The molecule has 0 aromatic heterocycles. The molecule has 3 N–H and O–H groups in total. The summed E-state index contributed by atoms with van der Waals surface area (Å²) in [4.78, 5) is 26.8. The van der Waals surface area contributed by atoms with Crippen molar-refractivity contribution in [2.45, 2.75) is 25.8 Å². The summed E-state index contributed by atoms with van der Waals surface area (Å²) in [7, 11) is 1.66. The number of likely N-dealkylation sites (N-methyl/N-ethyl adjacent to an activating group) is 1. The van der Waals surface area contributed by atoms with Gasteiger partial charge in [0.05, 0.1) is 13.1 Å². The predicted molar refractivity (Wildman–Crippen MR) is 70.0 cm³/mol. The summed E-state index contributed by atoms with van der Waals surface area (Å²) in [6.07, 6.45) is 1.84. The summed E-state index contributed by atoms with van der Waals surface area (Å²) >= 11 is 0. The second-order valence-electron chi connectivity index (χ2n) is 4.88. The molecule has 1 aliphatic heterocycles. The molecule has 6 nitrogen and oxygen atoms in total. The Bertz CT molecular complexity index is 296. The third kappa shape index (κ3) is 5.01. The molecule has 104 valence electrons. The summed E-state index contributed by atoms with van der Waals surface area (Å²) < 4.78 is 0. The van der Waals surface area contributed by atoms with Crippen molar-refractivity contribution in [2.24, 2.45) is 5.73 Å². The van der Waals surface area contributed by atoms with Crippen molar-refractivity contribution >= 4 is 11.8 Å². The van der Waals surface area contributed by atoms with Crippen LogP contribution in [0.25, 0.3) is 0 Å². The van der Waals surface area contributed by atoms with Crippen LogP contribution < -0.4 is 11.1 Å². The number of hydrogen-bond donors (Lipinski definition) is 2. The first-order chi connectivity index (χ1) is 8.52. The second kappa shape index (κ2) is 7.33. The van der Waals surface area contributed by atoms with Gasteiger partial charge in [-0.15, -0.1) is 0 Å². The Labute approximate surface area is 108 Å². The van der Waals surface area contributed by atoms with Crippen molar-refractivity contribution in [3.05, 3.63) is 0 Å². The Morgan fingerprint density at radius 1 is 1.50 bits per heavy atom. The number of rotatable bonds is 6. The van der Waals surface area contributed by atoms with Gasteiger partial charge in [0.15, 0.2) is 0 Å². The molecule has 6 heteroatoms. The van der Waals surface area contributed by atoms with Crippen LogP contribution in [0, 0.1) is 0 Å². The number of hydrogen-bond acceptors (Lipinski definition) is 4. The molecule has 1 fully saturated rings. The third-order valence-electron chi connectivity index (χ3n) is 3.05. The van der Waals surface area contributed by atoms with Crippen molar-refractivity contribution < 1.29 is 9.59 Å². The Morgan fingerprint density at radius 2 is 2.22 bits per heavy atom. The maximum absolute atomic E-state index is 11.9. The van der Waals surface area contributed by atoms with Crippen LogP contribution in [-0.4, -0.2) is 67.4 Å². The van der Waals surface area contributed by atoms with Gasteiger partial charge in [0.2, 0.25) is 11.8 Å². The zero-order valence-electron chi connectivity index (χ0n) is 11.3. The number of amides is 2. The number of likely N-dealkylation sites (tertiary alicyclic amines) is 1. The number of nitrogens with one attached hydrogen (secondary N) is 1. The molecule has 1 heterocycles. The van der Waals surface area contributed by atoms with Gasteiger partial charge in [-0.2, -0.15) is 0 Å². The highest BCUT2D eigenvalue weighted by atomic mass is 16.2. The lowest BCUT2D eigenvalue weighted by atomic mass is 10.3. The fourth-order valence-electron chi connectivity index (χ4n) is 1.94. The first kappa shape index (κ1) is 14.9. The lowest BCUT2D eigenvalue weighted by Crippen LogP contribution is -2.43. The molecule has 1 aliphatic rings. The quantitative estimate of drug-likeness (QED) is 0.639. The third-order valence-corrected chi connectivity index (χ3v) is 3.05. The fourth-order valence-corrected chi connectivity index (χ4v) is 1.94. The molecule has 18 heavy (non-hydrogen) atoms. The lowest BCUT2D eigenvalue weighted by molar-refractivity contribution is -0.135. The van der Waals surface area contributed by atoms with E-state index in [4.69, 9.17) is 5.73 Å². The van der Waals surface area contributed by atoms with E-state index in [0.717, 1.165) is 25.9 Å². The van der Waals surface area contributed by atoms with Crippen LogP contribution in [0.2, 0.25) is 0 Å². The minimum atomic E-state index is -0.106. The fraction of sp³-hybridized carbons (Fsp3) is 0.833. The average Bonchev–Trinajstić information content (AvgIpc) is 2.72. The minimum Gasteiger partial charge on any atom is -0.355 e. The topological polar surface area (TPSA) is 78.7 Å². The molecular formula is C12H24N4O2. The molecule has 0 radical (unpaired) electrons. The van der Waals surface area contributed by atoms with Crippen molar-refractivity contribution in [3.8, 4) is 0 Å². The largest absolute Gasteiger partial charge is 0.355 e. The molecular weight excluding hydrogens is 232 g/mol. The van der Waals surface area contributed by atoms with Crippen molar-refractivity contribution in [3.63, 3.8) is 0 Å². The monoisotopic (exact) mass is 256 g/mol. The van der Waals surface area contributed by atoms with E-state index in [1.54, 1.807) is 7.05 Å². The molecule has 0 bridgehead atoms. The molecule has 0 aromatic carbocycles. The maximum Gasteiger partial charge on any atom is 0.239 e. The van der Waals surface area contributed by atoms with Gasteiger partial charge in [-0.3, -0.25) is 14.5 Å². The van der Waals surface area contributed by atoms with Crippen LogP contribution >= 0.6 is 0 Å². The Kier molecular flexibility index (Phi) is 6.07. The summed E-state index contributed by atoms with van der Waals surface area (Å²) in [5.74, 6) is -0.137. The van der Waals surface area contributed by atoms with E-state index in [2.05, 4.69) is 5.32 Å². The van der Waals surface area contributed by atoms with Crippen LogP contribution in [0.5, 0.6) is 0 Å². The predicted octanol–water partition coefficient (Wildman–Crippen LogP) is -0.996. The minimum absolute atomic E-state index is 0.0317. The highest BCUT2D eigenvalue weighted by Gasteiger charge is 2.22. The Balaban J connectivity index is 2.26. The molecule has 0 aromatic rings. The van der Waals surface area contributed by atoms with E-state index in [0.29, 0.717) is 13.1 Å². The number of carbonyl (C=O) groups excluding carboxylic acids is 2. The van der Waals surface area contributed by atoms with E-state index >= 15 is 0 Å². The molecule has 1 rings (SSSR count). The van der Waals surface area contributed by atoms with Crippen molar-refractivity contribution in [2.75, 3.05) is 39.8 Å². The average molecular weight is 256 g/mol. The Morgan fingerprint density at radius 3 is 2.78 bits per heavy atom. The smallest absolute Gasteiger partial charge is 0.239 e. The lowest BCUT2D eigenvalue weighted by Gasteiger charge is -2.21. The summed E-state index contributed by atoms with van der Waals surface area (Å²) in [5, 5.41) is 2.75. The van der Waals surface area contributed by atoms with Gasteiger partial charge < -0.3 is 16.0 Å². The SMILES string of the molecule is CCCNC(=O)CN(C)C(=O)CN1CC[C@H](N)C1.